The van der Waals surface area contributed by atoms with Gasteiger partial charge in [-0.15, -0.1) is 0 Å². The largest absolute Gasteiger partial charge is 0.479 e. The van der Waals surface area contributed by atoms with Crippen LogP contribution in [-0.2, 0) is 9.53 Å². The maximum absolute atomic E-state index is 11.8. The van der Waals surface area contributed by atoms with Crippen LogP contribution in [0.25, 0.3) is 0 Å². The number of alkyl carbamates (subject to hydrolysis) is 1. The van der Waals surface area contributed by atoms with Gasteiger partial charge >= 0.3 is 12.1 Å². The van der Waals surface area contributed by atoms with E-state index in [9.17, 15) is 14.7 Å². The van der Waals surface area contributed by atoms with Crippen LogP contribution in [0, 0.1) is 0 Å². The molecule has 0 fully saturated rings. The molecule has 1 rings (SSSR count). The van der Waals surface area contributed by atoms with Gasteiger partial charge in [-0.05, 0) is 46.1 Å². The molecule has 106 valence electrons. The van der Waals surface area contributed by atoms with Crippen molar-refractivity contribution in [1.82, 2.24) is 5.32 Å². The molecule has 0 aliphatic heterocycles. The Kier molecular flexibility index (Phi) is 4.39. The lowest BCUT2D eigenvalue weighted by Gasteiger charge is -2.31. The molecule has 1 atom stereocenters. The summed E-state index contributed by atoms with van der Waals surface area (Å²) in [6.07, 6.45) is 6.14. The molecule has 0 aromatic carbocycles. The maximum Gasteiger partial charge on any atom is 0.408 e. The Balaban J connectivity index is 2.86. The third kappa shape index (κ3) is 4.12. The molecule has 1 unspecified atom stereocenters. The van der Waals surface area contributed by atoms with E-state index in [0.717, 1.165) is 0 Å². The molecule has 0 heterocycles. The fraction of sp³-hybridized carbons (Fsp3) is 0.571. The summed E-state index contributed by atoms with van der Waals surface area (Å²) < 4.78 is 5.12. The number of nitrogens with one attached hydrogen (secondary N) is 1. The first kappa shape index (κ1) is 15.3. The molecule has 1 aliphatic rings. The number of ether oxygens (including phenoxy) is 1. The standard InChI is InChI=1S/C14H21NO4/c1-13(2,3)19-12(18)15-14(4,11(16)17)10-8-6-5-7-9-10/h5-6,9H,7-8H2,1-4H3,(H,15,18)(H,16,17). The van der Waals surface area contributed by atoms with E-state index in [2.05, 4.69) is 5.32 Å². The highest BCUT2D eigenvalue weighted by Crippen LogP contribution is 2.25. The zero-order valence-corrected chi connectivity index (χ0v) is 11.8. The van der Waals surface area contributed by atoms with Crippen LogP contribution in [0.2, 0.25) is 0 Å². The number of allylic oxidation sites excluding steroid dienone is 3. The Labute approximate surface area is 113 Å². The van der Waals surface area contributed by atoms with Crippen LogP contribution in [0.1, 0.15) is 40.5 Å². The van der Waals surface area contributed by atoms with Gasteiger partial charge in [0, 0.05) is 0 Å². The molecule has 0 spiro atoms. The van der Waals surface area contributed by atoms with Crippen molar-refractivity contribution in [2.24, 2.45) is 0 Å². The van der Waals surface area contributed by atoms with Crippen molar-refractivity contribution in [3.05, 3.63) is 23.8 Å². The van der Waals surface area contributed by atoms with Crippen molar-refractivity contribution in [3.63, 3.8) is 0 Å². The van der Waals surface area contributed by atoms with Crippen molar-refractivity contribution < 1.29 is 19.4 Å². The quantitative estimate of drug-likeness (QED) is 0.771. The average Bonchev–Trinajstić information content (AvgIpc) is 2.27. The zero-order valence-electron chi connectivity index (χ0n) is 11.8. The predicted octanol–water partition coefficient (Wildman–Crippen LogP) is 2.63. The van der Waals surface area contributed by atoms with E-state index < -0.39 is 23.2 Å². The summed E-state index contributed by atoms with van der Waals surface area (Å²) in [4.78, 5) is 23.3. The van der Waals surface area contributed by atoms with Gasteiger partial charge in [0.05, 0.1) is 0 Å². The van der Waals surface area contributed by atoms with Crippen LogP contribution >= 0.6 is 0 Å². The molecule has 1 aliphatic carbocycles. The summed E-state index contributed by atoms with van der Waals surface area (Å²) in [6.45, 7) is 6.66. The van der Waals surface area contributed by atoms with E-state index in [4.69, 9.17) is 4.74 Å². The number of hydrogen-bond acceptors (Lipinski definition) is 3. The molecule has 5 nitrogen and oxygen atoms in total. The van der Waals surface area contributed by atoms with Crippen molar-refractivity contribution in [2.75, 3.05) is 0 Å². The Bertz CT molecular complexity index is 431. The van der Waals surface area contributed by atoms with Gasteiger partial charge in [-0.3, -0.25) is 0 Å². The van der Waals surface area contributed by atoms with Crippen molar-refractivity contribution in [2.45, 2.75) is 51.7 Å². The van der Waals surface area contributed by atoms with Gasteiger partial charge in [-0.2, -0.15) is 0 Å². The van der Waals surface area contributed by atoms with E-state index >= 15 is 0 Å². The minimum Gasteiger partial charge on any atom is -0.479 e. The lowest BCUT2D eigenvalue weighted by atomic mass is 9.86. The van der Waals surface area contributed by atoms with Crippen LogP contribution in [0.3, 0.4) is 0 Å². The van der Waals surface area contributed by atoms with Gasteiger partial charge in [0.2, 0.25) is 0 Å². The van der Waals surface area contributed by atoms with Gasteiger partial charge in [0.25, 0.3) is 0 Å². The molecule has 0 saturated heterocycles. The molecule has 19 heavy (non-hydrogen) atoms. The smallest absolute Gasteiger partial charge is 0.408 e. The van der Waals surface area contributed by atoms with Crippen molar-refractivity contribution in [1.29, 1.82) is 0 Å². The second kappa shape index (κ2) is 5.47. The molecule has 2 N–H and O–H groups in total. The number of amides is 1. The molecule has 1 amide bonds. The van der Waals surface area contributed by atoms with Gasteiger partial charge in [0.1, 0.15) is 5.60 Å². The zero-order chi connectivity index (χ0) is 14.7. The number of carboxylic acid groups (broad SMARTS) is 1. The third-order valence-electron chi connectivity index (χ3n) is 2.83. The summed E-state index contributed by atoms with van der Waals surface area (Å²) in [5, 5.41) is 11.9. The summed E-state index contributed by atoms with van der Waals surface area (Å²) in [5.74, 6) is -1.10. The first-order chi connectivity index (χ1) is 8.65. The molecule has 0 aromatic rings. The Morgan fingerprint density at radius 1 is 1.26 bits per heavy atom. The number of rotatable bonds is 3. The Hall–Kier alpha value is -1.78. The average molecular weight is 267 g/mol. The summed E-state index contributed by atoms with van der Waals surface area (Å²) in [5.41, 5.74) is -1.44. The fourth-order valence-electron chi connectivity index (χ4n) is 1.79. The van der Waals surface area contributed by atoms with Crippen LogP contribution in [0.15, 0.2) is 23.8 Å². The van der Waals surface area contributed by atoms with E-state index in [0.29, 0.717) is 18.4 Å². The molecule has 0 bridgehead atoms. The molecular formula is C14H21NO4. The maximum atomic E-state index is 11.8. The van der Waals surface area contributed by atoms with Crippen LogP contribution in [0.5, 0.6) is 0 Å². The predicted molar refractivity (Wildman–Crippen MR) is 71.9 cm³/mol. The fourth-order valence-corrected chi connectivity index (χ4v) is 1.79. The highest BCUT2D eigenvalue weighted by Gasteiger charge is 2.39. The Morgan fingerprint density at radius 2 is 1.89 bits per heavy atom. The molecule has 0 aromatic heterocycles. The number of carboxylic acids is 1. The first-order valence-corrected chi connectivity index (χ1v) is 6.24. The molecular weight excluding hydrogens is 246 g/mol. The van der Waals surface area contributed by atoms with Crippen molar-refractivity contribution in [3.8, 4) is 0 Å². The highest BCUT2D eigenvalue weighted by atomic mass is 16.6. The molecule has 0 radical (unpaired) electrons. The van der Waals surface area contributed by atoms with E-state index in [1.54, 1.807) is 20.8 Å². The summed E-state index contributed by atoms with van der Waals surface area (Å²) >= 11 is 0. The number of aliphatic carboxylic acids is 1. The second-order valence-electron chi connectivity index (χ2n) is 5.70. The molecule has 5 heteroatoms. The van der Waals surface area contributed by atoms with Crippen LogP contribution in [-0.4, -0.2) is 28.3 Å². The van der Waals surface area contributed by atoms with Gasteiger partial charge in [0.15, 0.2) is 5.54 Å². The molecule has 0 saturated carbocycles. The van der Waals surface area contributed by atoms with Gasteiger partial charge in [-0.1, -0.05) is 18.2 Å². The van der Waals surface area contributed by atoms with Gasteiger partial charge in [-0.25, -0.2) is 9.59 Å². The topological polar surface area (TPSA) is 75.6 Å². The first-order valence-electron chi connectivity index (χ1n) is 6.24. The normalized spacial score (nSPS) is 18.2. The minimum atomic E-state index is -1.44. The lowest BCUT2D eigenvalue weighted by Crippen LogP contribution is -2.54. The summed E-state index contributed by atoms with van der Waals surface area (Å²) in [7, 11) is 0. The second-order valence-corrected chi connectivity index (χ2v) is 5.70. The Morgan fingerprint density at radius 3 is 2.32 bits per heavy atom. The van der Waals surface area contributed by atoms with Crippen LogP contribution < -0.4 is 5.32 Å². The lowest BCUT2D eigenvalue weighted by molar-refractivity contribution is -0.142. The SMILES string of the molecule is CC(C)(C)OC(=O)NC(C)(C(=O)O)C1=CCC=CC1. The van der Waals surface area contributed by atoms with E-state index in [1.165, 1.54) is 6.92 Å². The van der Waals surface area contributed by atoms with E-state index in [-0.39, 0.29) is 0 Å². The third-order valence-corrected chi connectivity index (χ3v) is 2.83. The number of carbonyl (C=O) groups excluding carboxylic acids is 1. The monoisotopic (exact) mass is 267 g/mol. The summed E-state index contributed by atoms with van der Waals surface area (Å²) in [6, 6.07) is 0. The van der Waals surface area contributed by atoms with Gasteiger partial charge < -0.3 is 15.2 Å². The number of hydrogen-bond donors (Lipinski definition) is 2. The minimum absolute atomic E-state index is 0.512. The van der Waals surface area contributed by atoms with Crippen LogP contribution in [0.4, 0.5) is 4.79 Å². The number of carbonyl (C=O) groups is 2. The highest BCUT2D eigenvalue weighted by molar-refractivity contribution is 5.87. The van der Waals surface area contributed by atoms with Crippen molar-refractivity contribution >= 4 is 12.1 Å². The van der Waals surface area contributed by atoms with E-state index in [1.807, 2.05) is 18.2 Å².